The van der Waals surface area contributed by atoms with E-state index < -0.39 is 0 Å². The second-order valence-electron chi connectivity index (χ2n) is 4.84. The zero-order chi connectivity index (χ0) is 10.7. The zero-order valence-corrected chi connectivity index (χ0v) is 9.49. The van der Waals surface area contributed by atoms with Crippen LogP contribution in [0.1, 0.15) is 25.8 Å². The number of hydrogen-bond acceptors (Lipinski definition) is 1. The molecule has 1 atom stereocenters. The van der Waals surface area contributed by atoms with E-state index in [9.17, 15) is 0 Å². The van der Waals surface area contributed by atoms with Crippen molar-refractivity contribution in [2.24, 2.45) is 5.92 Å². The van der Waals surface area contributed by atoms with Gasteiger partial charge in [-0.05, 0) is 44.6 Å². The molecule has 0 bridgehead atoms. The summed E-state index contributed by atoms with van der Waals surface area (Å²) in [5.41, 5.74) is 1.37. The number of rotatable bonds is 2. The lowest BCUT2D eigenvalue weighted by atomic mass is 9.88. The van der Waals surface area contributed by atoms with Crippen LogP contribution in [-0.2, 0) is 11.2 Å². The van der Waals surface area contributed by atoms with Crippen molar-refractivity contribution in [2.75, 3.05) is 6.61 Å². The Balaban J connectivity index is 1.88. The van der Waals surface area contributed by atoms with Gasteiger partial charge < -0.3 is 4.74 Å². The standard InChI is InChI=1S/C14H18O/c1-14(2)9-8-13(11-15-14)10-12-6-4-3-5-7-12/h3-7,13H,9-11H2,1-2H3. The Morgan fingerprint density at radius 3 is 2.67 bits per heavy atom. The van der Waals surface area contributed by atoms with E-state index in [-0.39, 0.29) is 5.60 Å². The van der Waals surface area contributed by atoms with Crippen molar-refractivity contribution in [1.29, 1.82) is 0 Å². The Hall–Kier alpha value is -0.820. The maximum absolute atomic E-state index is 5.79. The highest BCUT2D eigenvalue weighted by Crippen LogP contribution is 2.28. The Bertz CT molecular complexity index is 292. The molecule has 2 rings (SSSR count). The highest BCUT2D eigenvalue weighted by molar-refractivity contribution is 5.16. The van der Waals surface area contributed by atoms with Gasteiger partial charge in [-0.25, -0.2) is 0 Å². The summed E-state index contributed by atoms with van der Waals surface area (Å²) < 4.78 is 5.79. The van der Waals surface area contributed by atoms with E-state index in [2.05, 4.69) is 50.6 Å². The summed E-state index contributed by atoms with van der Waals surface area (Å²) in [6.07, 6.45) is 5.52. The first-order valence-electron chi connectivity index (χ1n) is 5.57. The fourth-order valence-electron chi connectivity index (χ4n) is 1.86. The van der Waals surface area contributed by atoms with Crippen LogP contribution in [0.4, 0.5) is 0 Å². The molecule has 80 valence electrons. The first-order valence-corrected chi connectivity index (χ1v) is 5.57. The molecule has 1 unspecified atom stereocenters. The minimum atomic E-state index is -0.00676. The molecule has 0 aliphatic carbocycles. The molecule has 2 radical (unpaired) electrons. The van der Waals surface area contributed by atoms with Crippen molar-refractivity contribution in [3.05, 3.63) is 42.3 Å². The fraction of sp³-hybridized carbons (Fsp3) is 0.500. The predicted molar refractivity (Wildman–Crippen MR) is 61.5 cm³/mol. The van der Waals surface area contributed by atoms with Gasteiger partial charge in [0, 0.05) is 0 Å². The van der Waals surface area contributed by atoms with Crippen LogP contribution in [0.15, 0.2) is 30.3 Å². The van der Waals surface area contributed by atoms with Gasteiger partial charge in [-0.3, -0.25) is 0 Å². The van der Waals surface area contributed by atoms with Gasteiger partial charge in [0.2, 0.25) is 0 Å². The van der Waals surface area contributed by atoms with Gasteiger partial charge in [-0.2, -0.15) is 0 Å². The van der Waals surface area contributed by atoms with E-state index >= 15 is 0 Å². The minimum Gasteiger partial charge on any atom is -0.375 e. The first kappa shape index (κ1) is 10.7. The summed E-state index contributed by atoms with van der Waals surface area (Å²) in [7, 11) is 0. The van der Waals surface area contributed by atoms with Gasteiger partial charge in [0.15, 0.2) is 0 Å². The van der Waals surface area contributed by atoms with Gasteiger partial charge in [0.25, 0.3) is 0 Å². The van der Waals surface area contributed by atoms with Crippen LogP contribution in [0.5, 0.6) is 0 Å². The van der Waals surface area contributed by atoms with Crippen LogP contribution >= 0.6 is 0 Å². The third kappa shape index (κ3) is 3.07. The van der Waals surface area contributed by atoms with Crippen molar-refractivity contribution in [2.45, 2.75) is 32.3 Å². The van der Waals surface area contributed by atoms with Crippen molar-refractivity contribution in [3.8, 4) is 0 Å². The third-order valence-electron chi connectivity index (χ3n) is 2.82. The Morgan fingerprint density at radius 2 is 2.07 bits per heavy atom. The lowest BCUT2D eigenvalue weighted by Gasteiger charge is -2.34. The molecule has 0 saturated carbocycles. The minimum absolute atomic E-state index is 0.00676. The highest BCUT2D eigenvalue weighted by atomic mass is 16.5. The molecule has 1 aliphatic rings. The van der Waals surface area contributed by atoms with Crippen molar-refractivity contribution in [1.82, 2.24) is 0 Å². The maximum Gasteiger partial charge on any atom is 0.0632 e. The SMILES string of the molecule is CC1(C)C[C]C(Cc2ccccc2)CO1. The van der Waals surface area contributed by atoms with Gasteiger partial charge in [-0.1, -0.05) is 30.3 Å². The zero-order valence-electron chi connectivity index (χ0n) is 9.49. The lowest BCUT2D eigenvalue weighted by Crippen LogP contribution is -2.34. The largest absolute Gasteiger partial charge is 0.375 e. The first-order chi connectivity index (χ1) is 7.16. The molecule has 1 aliphatic heterocycles. The summed E-state index contributed by atoms with van der Waals surface area (Å²) in [6, 6.07) is 10.6. The van der Waals surface area contributed by atoms with E-state index in [1.165, 1.54) is 5.56 Å². The molecular formula is C14H18O. The Morgan fingerprint density at radius 1 is 1.33 bits per heavy atom. The van der Waals surface area contributed by atoms with Gasteiger partial charge in [0.1, 0.15) is 0 Å². The monoisotopic (exact) mass is 202 g/mol. The Kier molecular flexibility index (Phi) is 3.11. The molecule has 1 aromatic rings. The maximum atomic E-state index is 5.79. The van der Waals surface area contributed by atoms with E-state index in [1.807, 2.05) is 0 Å². The summed E-state index contributed by atoms with van der Waals surface area (Å²) in [5.74, 6) is 0.459. The quantitative estimate of drug-likeness (QED) is 0.716. The number of hydrogen-bond donors (Lipinski definition) is 0. The molecule has 0 aromatic heterocycles. The van der Waals surface area contributed by atoms with Crippen LogP contribution in [-0.4, -0.2) is 12.2 Å². The molecule has 1 heteroatoms. The van der Waals surface area contributed by atoms with Crippen LogP contribution in [0.25, 0.3) is 0 Å². The van der Waals surface area contributed by atoms with E-state index in [0.29, 0.717) is 5.92 Å². The third-order valence-corrected chi connectivity index (χ3v) is 2.82. The molecule has 1 heterocycles. The van der Waals surface area contributed by atoms with Crippen molar-refractivity contribution in [3.63, 3.8) is 0 Å². The predicted octanol–water partition coefficient (Wildman–Crippen LogP) is 3.13. The molecule has 1 aromatic carbocycles. The molecule has 1 fully saturated rings. The Labute approximate surface area is 92.5 Å². The summed E-state index contributed by atoms with van der Waals surface area (Å²) in [6.45, 7) is 5.05. The fourth-order valence-corrected chi connectivity index (χ4v) is 1.86. The van der Waals surface area contributed by atoms with Gasteiger partial charge >= 0.3 is 0 Å². The number of ether oxygens (including phenoxy) is 1. The molecule has 0 amide bonds. The van der Waals surface area contributed by atoms with E-state index in [0.717, 1.165) is 19.4 Å². The van der Waals surface area contributed by atoms with Gasteiger partial charge in [0.05, 0.1) is 12.2 Å². The molecule has 15 heavy (non-hydrogen) atoms. The topological polar surface area (TPSA) is 9.23 Å². The smallest absolute Gasteiger partial charge is 0.0632 e. The van der Waals surface area contributed by atoms with Crippen molar-refractivity contribution >= 4 is 0 Å². The molecule has 1 saturated heterocycles. The van der Waals surface area contributed by atoms with E-state index in [4.69, 9.17) is 4.74 Å². The molecular weight excluding hydrogens is 184 g/mol. The average Bonchev–Trinajstić information content (AvgIpc) is 2.23. The highest BCUT2D eigenvalue weighted by Gasteiger charge is 2.27. The van der Waals surface area contributed by atoms with Crippen LogP contribution in [0.3, 0.4) is 0 Å². The molecule has 0 spiro atoms. The average molecular weight is 202 g/mol. The summed E-state index contributed by atoms with van der Waals surface area (Å²) >= 11 is 0. The second-order valence-corrected chi connectivity index (χ2v) is 4.84. The second kappa shape index (κ2) is 4.36. The molecule has 1 nitrogen and oxygen atoms in total. The van der Waals surface area contributed by atoms with Crippen LogP contribution in [0.2, 0.25) is 0 Å². The lowest BCUT2D eigenvalue weighted by molar-refractivity contribution is -0.0558. The summed E-state index contributed by atoms with van der Waals surface area (Å²) in [5, 5.41) is 0. The van der Waals surface area contributed by atoms with E-state index in [1.54, 1.807) is 0 Å². The molecule has 0 N–H and O–H groups in total. The summed E-state index contributed by atoms with van der Waals surface area (Å²) in [4.78, 5) is 0. The normalized spacial score (nSPS) is 25.1. The van der Waals surface area contributed by atoms with Gasteiger partial charge in [-0.15, -0.1) is 0 Å². The number of benzene rings is 1. The van der Waals surface area contributed by atoms with Crippen LogP contribution < -0.4 is 0 Å². The van der Waals surface area contributed by atoms with Crippen LogP contribution in [0, 0.1) is 12.3 Å². The van der Waals surface area contributed by atoms with Crippen molar-refractivity contribution < 1.29 is 4.74 Å².